The van der Waals surface area contributed by atoms with E-state index >= 15 is 0 Å². The van der Waals surface area contributed by atoms with Crippen molar-refractivity contribution in [2.45, 2.75) is 37.1 Å². The Balaban J connectivity index is 2.02. The minimum absolute atomic E-state index is 0.239. The lowest BCUT2D eigenvalue weighted by Crippen LogP contribution is -2.57. The van der Waals surface area contributed by atoms with Crippen LogP contribution < -0.4 is 11.1 Å². The van der Waals surface area contributed by atoms with Crippen molar-refractivity contribution in [2.75, 3.05) is 0 Å². The number of hydrogen-bond acceptors (Lipinski definition) is 2. The Morgan fingerprint density at radius 2 is 2.06 bits per heavy atom. The van der Waals surface area contributed by atoms with Gasteiger partial charge < -0.3 is 11.1 Å². The summed E-state index contributed by atoms with van der Waals surface area (Å²) in [5.41, 5.74) is 6.82. The molecule has 0 radical (unpaired) electrons. The molecule has 1 aromatic rings. The van der Waals surface area contributed by atoms with E-state index in [0.29, 0.717) is 5.84 Å². The molecule has 2 aliphatic rings. The second-order valence-corrected chi connectivity index (χ2v) is 5.11. The number of amides is 2. The maximum Gasteiger partial charge on any atom is 0.343 e. The van der Waals surface area contributed by atoms with Crippen LogP contribution in [0.1, 0.15) is 37.2 Å². The third-order valence-electron chi connectivity index (χ3n) is 4.12. The fourth-order valence-corrected chi connectivity index (χ4v) is 3.26. The highest BCUT2D eigenvalue weighted by molar-refractivity contribution is 6.06. The van der Waals surface area contributed by atoms with Crippen LogP contribution in [0.2, 0.25) is 0 Å². The zero-order chi connectivity index (χ0) is 12.6. The quantitative estimate of drug-likeness (QED) is 0.793. The van der Waals surface area contributed by atoms with Crippen LogP contribution in [0.5, 0.6) is 0 Å². The lowest BCUT2D eigenvalue weighted by molar-refractivity contribution is 0.232. The van der Waals surface area contributed by atoms with Crippen LogP contribution in [0.15, 0.2) is 35.3 Å². The van der Waals surface area contributed by atoms with E-state index in [4.69, 9.17) is 5.73 Å². The van der Waals surface area contributed by atoms with Gasteiger partial charge in [0.1, 0.15) is 11.4 Å². The summed E-state index contributed by atoms with van der Waals surface area (Å²) in [5.74, 6) is 0.698. The fourth-order valence-electron chi connectivity index (χ4n) is 3.26. The van der Waals surface area contributed by atoms with Gasteiger partial charge in [-0.3, -0.25) is 0 Å². The van der Waals surface area contributed by atoms with Gasteiger partial charge in [-0.1, -0.05) is 43.2 Å². The van der Waals surface area contributed by atoms with Crippen molar-refractivity contribution < 1.29 is 4.79 Å². The summed E-state index contributed by atoms with van der Waals surface area (Å²) in [6.45, 7) is 0. The first kappa shape index (κ1) is 11.3. The zero-order valence-electron chi connectivity index (χ0n) is 10.2. The maximum absolute atomic E-state index is 11.5. The normalized spacial score (nSPS) is 31.2. The number of aliphatic imine (C=N–C) groups is 1. The SMILES string of the molecule is NC1=NC(=O)NC12CCCCC2c1ccccc1. The highest BCUT2D eigenvalue weighted by atomic mass is 16.2. The topological polar surface area (TPSA) is 67.5 Å². The Bertz CT molecular complexity index is 497. The first-order valence-corrected chi connectivity index (χ1v) is 6.44. The minimum atomic E-state index is -0.448. The number of nitrogens with two attached hydrogens (primary N) is 1. The Hall–Kier alpha value is -1.84. The largest absolute Gasteiger partial charge is 0.385 e. The number of rotatable bonds is 1. The van der Waals surface area contributed by atoms with Crippen molar-refractivity contribution >= 4 is 11.9 Å². The molecule has 1 heterocycles. The molecular formula is C14H17N3O. The standard InChI is InChI=1S/C14H17N3O/c15-12-14(17-13(18)16-12)9-5-4-8-11(14)10-6-2-1-3-7-10/h1-3,6-7,11H,4-5,8-9H2,(H3,15,16,17,18). The predicted octanol–water partition coefficient (Wildman–Crippen LogP) is 2.16. The van der Waals surface area contributed by atoms with Crippen LogP contribution in [0.4, 0.5) is 4.79 Å². The fraction of sp³-hybridized carbons (Fsp3) is 0.429. The van der Waals surface area contributed by atoms with Gasteiger partial charge in [0.05, 0.1) is 0 Å². The molecule has 4 heteroatoms. The van der Waals surface area contributed by atoms with E-state index < -0.39 is 5.54 Å². The van der Waals surface area contributed by atoms with Crippen LogP contribution >= 0.6 is 0 Å². The van der Waals surface area contributed by atoms with Crippen molar-refractivity contribution in [1.29, 1.82) is 0 Å². The smallest absolute Gasteiger partial charge is 0.343 e. The van der Waals surface area contributed by atoms with Gasteiger partial charge in [-0.2, -0.15) is 4.99 Å². The van der Waals surface area contributed by atoms with Gasteiger partial charge in [-0.15, -0.1) is 0 Å². The number of urea groups is 1. The molecule has 1 aliphatic heterocycles. The molecule has 2 atom stereocenters. The number of carbonyl (C=O) groups is 1. The second kappa shape index (κ2) is 4.12. The van der Waals surface area contributed by atoms with Gasteiger partial charge in [-0.25, -0.2) is 4.79 Å². The van der Waals surface area contributed by atoms with Crippen LogP contribution in [0.25, 0.3) is 0 Å². The summed E-state index contributed by atoms with van der Waals surface area (Å²) < 4.78 is 0. The summed E-state index contributed by atoms with van der Waals surface area (Å²) in [6.07, 6.45) is 4.18. The van der Waals surface area contributed by atoms with Crippen molar-refractivity contribution in [3.63, 3.8) is 0 Å². The first-order chi connectivity index (χ1) is 8.72. The molecule has 1 fully saturated rings. The van der Waals surface area contributed by atoms with E-state index in [0.717, 1.165) is 19.3 Å². The molecule has 18 heavy (non-hydrogen) atoms. The van der Waals surface area contributed by atoms with Crippen LogP contribution in [-0.2, 0) is 0 Å². The van der Waals surface area contributed by atoms with Crippen molar-refractivity contribution in [3.05, 3.63) is 35.9 Å². The molecule has 94 valence electrons. The number of carbonyl (C=O) groups excluding carboxylic acids is 1. The molecule has 2 amide bonds. The van der Waals surface area contributed by atoms with Gasteiger partial charge in [0.25, 0.3) is 0 Å². The van der Waals surface area contributed by atoms with Gasteiger partial charge in [0.15, 0.2) is 0 Å². The van der Waals surface area contributed by atoms with E-state index in [1.807, 2.05) is 18.2 Å². The number of benzene rings is 1. The molecule has 3 N–H and O–H groups in total. The molecule has 1 aromatic carbocycles. The summed E-state index contributed by atoms with van der Waals surface area (Å²) in [4.78, 5) is 15.4. The third kappa shape index (κ3) is 1.60. The highest BCUT2D eigenvalue weighted by Gasteiger charge is 2.49. The van der Waals surface area contributed by atoms with Crippen LogP contribution in [-0.4, -0.2) is 17.4 Å². The van der Waals surface area contributed by atoms with Crippen molar-refractivity contribution in [2.24, 2.45) is 10.7 Å². The molecule has 0 aromatic heterocycles. The van der Waals surface area contributed by atoms with Gasteiger partial charge >= 0.3 is 6.03 Å². The Labute approximate surface area is 106 Å². The van der Waals surface area contributed by atoms with Crippen LogP contribution in [0.3, 0.4) is 0 Å². The number of nitrogens with one attached hydrogen (secondary N) is 1. The maximum atomic E-state index is 11.5. The Morgan fingerprint density at radius 3 is 2.72 bits per heavy atom. The molecule has 0 saturated heterocycles. The van der Waals surface area contributed by atoms with Crippen molar-refractivity contribution in [1.82, 2.24) is 5.32 Å². The number of amidine groups is 1. The first-order valence-electron chi connectivity index (χ1n) is 6.44. The molecular weight excluding hydrogens is 226 g/mol. The molecule has 1 aliphatic carbocycles. The monoisotopic (exact) mass is 243 g/mol. The van der Waals surface area contributed by atoms with Crippen molar-refractivity contribution in [3.8, 4) is 0 Å². The van der Waals surface area contributed by atoms with Crippen LogP contribution in [0, 0.1) is 0 Å². The Kier molecular flexibility index (Phi) is 2.58. The second-order valence-electron chi connectivity index (χ2n) is 5.11. The summed E-state index contributed by atoms with van der Waals surface area (Å²) >= 11 is 0. The van der Waals surface area contributed by atoms with E-state index in [9.17, 15) is 4.79 Å². The van der Waals surface area contributed by atoms with Gasteiger partial charge in [0.2, 0.25) is 0 Å². The lowest BCUT2D eigenvalue weighted by Gasteiger charge is -2.41. The number of hydrogen-bond donors (Lipinski definition) is 2. The molecule has 0 bridgehead atoms. The van der Waals surface area contributed by atoms with E-state index in [2.05, 4.69) is 22.4 Å². The van der Waals surface area contributed by atoms with Gasteiger partial charge in [-0.05, 0) is 18.4 Å². The minimum Gasteiger partial charge on any atom is -0.385 e. The predicted molar refractivity (Wildman–Crippen MR) is 70.5 cm³/mol. The number of nitrogens with zero attached hydrogens (tertiary/aromatic N) is 1. The Morgan fingerprint density at radius 1 is 1.28 bits per heavy atom. The van der Waals surface area contributed by atoms with Gasteiger partial charge in [0, 0.05) is 5.92 Å². The summed E-state index contributed by atoms with van der Waals surface area (Å²) in [5, 5.41) is 3.00. The molecule has 1 spiro atoms. The molecule has 3 rings (SSSR count). The van der Waals surface area contributed by atoms with E-state index in [1.165, 1.54) is 12.0 Å². The summed E-state index contributed by atoms with van der Waals surface area (Å²) in [6, 6.07) is 9.98. The highest BCUT2D eigenvalue weighted by Crippen LogP contribution is 2.42. The average molecular weight is 243 g/mol. The third-order valence-corrected chi connectivity index (χ3v) is 4.12. The van der Waals surface area contributed by atoms with E-state index in [1.54, 1.807) is 0 Å². The summed E-state index contributed by atoms with van der Waals surface area (Å²) in [7, 11) is 0. The molecule has 2 unspecified atom stereocenters. The zero-order valence-corrected chi connectivity index (χ0v) is 10.2. The molecule has 1 saturated carbocycles. The molecule has 4 nitrogen and oxygen atoms in total. The van der Waals surface area contributed by atoms with E-state index in [-0.39, 0.29) is 11.9 Å². The average Bonchev–Trinajstić information content (AvgIpc) is 2.66. The lowest BCUT2D eigenvalue weighted by atomic mass is 9.69.